The van der Waals surface area contributed by atoms with Gasteiger partial charge < -0.3 is 10.6 Å². The Balaban J connectivity index is 1.77. The summed E-state index contributed by atoms with van der Waals surface area (Å²) in [6.07, 6.45) is 0.871. The van der Waals surface area contributed by atoms with Crippen molar-refractivity contribution >= 4 is 17.2 Å². The third-order valence-electron chi connectivity index (χ3n) is 5.36. The van der Waals surface area contributed by atoms with Gasteiger partial charge in [0.1, 0.15) is 17.5 Å². The Bertz CT molecular complexity index is 1250. The van der Waals surface area contributed by atoms with Crippen LogP contribution in [0.4, 0.5) is 15.8 Å². The molecule has 3 aromatic carbocycles. The van der Waals surface area contributed by atoms with Gasteiger partial charge in [-0.2, -0.15) is 5.10 Å². The van der Waals surface area contributed by atoms with E-state index in [0.717, 1.165) is 23.2 Å². The van der Waals surface area contributed by atoms with E-state index >= 15 is 4.39 Å². The first kappa shape index (κ1) is 21.2. The molecule has 4 rings (SSSR count). The Kier molecular flexibility index (Phi) is 5.98. The summed E-state index contributed by atoms with van der Waals surface area (Å²) in [6, 6.07) is 22.4. The topological polar surface area (TPSA) is 83.8 Å². The number of benzene rings is 3. The number of hydrogen-bond donors (Lipinski definition) is 2. The molecule has 0 fully saturated rings. The fourth-order valence-electron chi connectivity index (χ4n) is 3.56. The Morgan fingerprint density at radius 3 is 2.53 bits per heavy atom. The number of aromatic nitrogens is 3. The first-order chi connectivity index (χ1) is 15.5. The van der Waals surface area contributed by atoms with Crippen molar-refractivity contribution in [3.63, 3.8) is 0 Å². The zero-order valence-corrected chi connectivity index (χ0v) is 18.1. The molecule has 0 radical (unpaired) electrons. The van der Waals surface area contributed by atoms with Crippen LogP contribution in [-0.2, 0) is 20.0 Å². The highest BCUT2D eigenvalue weighted by molar-refractivity contribution is 5.95. The Hall–Kier alpha value is -4.00. The Morgan fingerprint density at radius 1 is 1.06 bits per heavy atom. The highest BCUT2D eigenvalue weighted by Gasteiger charge is 2.19. The molecule has 0 saturated carbocycles. The summed E-state index contributed by atoms with van der Waals surface area (Å²) in [5.74, 6) is 0.694. The molecule has 0 spiro atoms. The quantitative estimate of drug-likeness (QED) is 0.327. The van der Waals surface area contributed by atoms with Crippen molar-refractivity contribution in [2.24, 2.45) is 12.8 Å². The Labute approximate surface area is 186 Å². The van der Waals surface area contributed by atoms with Crippen LogP contribution in [0.5, 0.6) is 0 Å². The molecule has 0 atom stereocenters. The van der Waals surface area contributed by atoms with Gasteiger partial charge in [-0.25, -0.2) is 9.37 Å². The lowest BCUT2D eigenvalue weighted by molar-refractivity contribution is 0.620. The molecule has 0 aliphatic rings. The summed E-state index contributed by atoms with van der Waals surface area (Å²) in [5, 5.41) is 12.2. The van der Waals surface area contributed by atoms with Crippen molar-refractivity contribution in [1.29, 1.82) is 5.41 Å². The average molecular weight is 429 g/mol. The molecule has 0 saturated heterocycles. The van der Waals surface area contributed by atoms with E-state index in [1.54, 1.807) is 16.8 Å². The van der Waals surface area contributed by atoms with Gasteiger partial charge in [-0.3, -0.25) is 10.1 Å². The molecule has 0 amide bonds. The minimum Gasteiger partial charge on any atom is -0.384 e. The van der Waals surface area contributed by atoms with Crippen molar-refractivity contribution in [2.45, 2.75) is 19.9 Å². The zero-order chi connectivity index (χ0) is 22.7. The van der Waals surface area contributed by atoms with E-state index in [9.17, 15) is 0 Å². The number of amidine groups is 1. The van der Waals surface area contributed by atoms with Gasteiger partial charge in [0, 0.05) is 23.9 Å². The highest BCUT2D eigenvalue weighted by Crippen LogP contribution is 2.31. The molecule has 32 heavy (non-hydrogen) atoms. The second kappa shape index (κ2) is 9.01. The molecule has 0 bridgehead atoms. The van der Waals surface area contributed by atoms with E-state index in [1.807, 2.05) is 66.5 Å². The van der Waals surface area contributed by atoms with E-state index in [1.165, 1.54) is 6.07 Å². The van der Waals surface area contributed by atoms with E-state index in [0.29, 0.717) is 29.4 Å². The third kappa shape index (κ3) is 4.37. The summed E-state index contributed by atoms with van der Waals surface area (Å²) in [4.78, 5) is 6.59. The maximum absolute atomic E-state index is 15.2. The molecule has 0 unspecified atom stereocenters. The summed E-state index contributed by atoms with van der Waals surface area (Å²) < 4.78 is 16.9. The number of aryl methyl sites for hydroxylation is 2. The largest absolute Gasteiger partial charge is 0.384 e. The summed E-state index contributed by atoms with van der Waals surface area (Å²) in [6.45, 7) is 2.40. The molecule has 3 N–H and O–H groups in total. The van der Waals surface area contributed by atoms with Crippen molar-refractivity contribution in [2.75, 3.05) is 4.90 Å². The third-order valence-corrected chi connectivity index (χ3v) is 5.36. The highest BCUT2D eigenvalue weighted by atomic mass is 19.1. The number of nitrogens with one attached hydrogen (secondary N) is 1. The maximum Gasteiger partial charge on any atom is 0.181 e. The van der Waals surface area contributed by atoms with Gasteiger partial charge in [-0.05, 0) is 42.3 Å². The van der Waals surface area contributed by atoms with Gasteiger partial charge in [0.05, 0.1) is 12.2 Å². The van der Waals surface area contributed by atoms with Crippen molar-refractivity contribution < 1.29 is 4.39 Å². The van der Waals surface area contributed by atoms with Crippen LogP contribution in [0.25, 0.3) is 11.4 Å². The summed E-state index contributed by atoms with van der Waals surface area (Å²) in [7, 11) is 1.84. The normalized spacial score (nSPS) is 10.8. The zero-order valence-electron chi connectivity index (χ0n) is 18.1. The minimum absolute atomic E-state index is 0.171. The van der Waals surface area contributed by atoms with Crippen LogP contribution in [0.2, 0.25) is 0 Å². The van der Waals surface area contributed by atoms with Crippen LogP contribution in [0.1, 0.15) is 23.9 Å². The van der Waals surface area contributed by atoms with Gasteiger partial charge in [0.2, 0.25) is 0 Å². The van der Waals surface area contributed by atoms with E-state index in [4.69, 9.17) is 16.1 Å². The molecule has 162 valence electrons. The second-order valence-electron chi connectivity index (χ2n) is 7.53. The number of rotatable bonds is 7. The fourth-order valence-corrected chi connectivity index (χ4v) is 3.56. The van der Waals surface area contributed by atoms with Gasteiger partial charge in [0.25, 0.3) is 0 Å². The molecule has 0 aliphatic heterocycles. The van der Waals surface area contributed by atoms with Gasteiger partial charge in [-0.15, -0.1) is 0 Å². The van der Waals surface area contributed by atoms with Gasteiger partial charge in [-0.1, -0.05) is 49.4 Å². The second-order valence-corrected chi connectivity index (χ2v) is 7.53. The molecule has 6 nitrogen and oxygen atoms in total. The van der Waals surface area contributed by atoms with Gasteiger partial charge >= 0.3 is 0 Å². The van der Waals surface area contributed by atoms with E-state index in [-0.39, 0.29) is 5.84 Å². The molecule has 0 aliphatic carbocycles. The first-order valence-electron chi connectivity index (χ1n) is 10.4. The Morgan fingerprint density at radius 2 is 1.84 bits per heavy atom. The van der Waals surface area contributed by atoms with Crippen LogP contribution in [0, 0.1) is 11.2 Å². The van der Waals surface area contributed by atoms with Crippen LogP contribution >= 0.6 is 0 Å². The lowest BCUT2D eigenvalue weighted by Gasteiger charge is -2.25. The lowest BCUT2D eigenvalue weighted by atomic mass is 10.1. The fraction of sp³-hybridized carbons (Fsp3) is 0.160. The van der Waals surface area contributed by atoms with Crippen LogP contribution < -0.4 is 10.6 Å². The first-order valence-corrected chi connectivity index (χ1v) is 10.4. The van der Waals surface area contributed by atoms with Crippen LogP contribution in [0.3, 0.4) is 0 Å². The number of nitrogens with zero attached hydrogens (tertiary/aromatic N) is 4. The van der Waals surface area contributed by atoms with Crippen LogP contribution in [-0.4, -0.2) is 20.6 Å². The number of halogens is 1. The molecular weight excluding hydrogens is 403 g/mol. The number of anilines is 2. The standard InChI is InChI=1S/C25H25FN6/c1-3-17-8-7-11-20(14-17)32(22-13-12-19(24(27)28)15-21(22)26)16-23-29-25(30-31(23)2)18-9-5-4-6-10-18/h4-15H,3,16H2,1-2H3,(H3,27,28). The number of hydrogen-bond acceptors (Lipinski definition) is 4. The smallest absolute Gasteiger partial charge is 0.181 e. The van der Waals surface area contributed by atoms with Crippen molar-refractivity contribution in [1.82, 2.24) is 14.8 Å². The summed E-state index contributed by atoms with van der Waals surface area (Å²) in [5.41, 5.74) is 9.19. The predicted molar refractivity (Wildman–Crippen MR) is 126 cm³/mol. The minimum atomic E-state index is -0.454. The maximum atomic E-state index is 15.2. The van der Waals surface area contributed by atoms with E-state index in [2.05, 4.69) is 12.0 Å². The molecule has 1 heterocycles. The van der Waals surface area contributed by atoms with Crippen LogP contribution in [0.15, 0.2) is 72.8 Å². The molecule has 1 aromatic heterocycles. The SMILES string of the molecule is CCc1cccc(N(Cc2nc(-c3ccccc3)nn2C)c2ccc(C(=N)N)cc2F)c1. The molecule has 7 heteroatoms. The number of nitrogen functional groups attached to an aromatic ring is 1. The monoisotopic (exact) mass is 428 g/mol. The van der Waals surface area contributed by atoms with Crippen molar-refractivity contribution in [3.05, 3.63) is 95.6 Å². The lowest BCUT2D eigenvalue weighted by Crippen LogP contribution is -2.21. The number of nitrogens with two attached hydrogens (primary N) is 1. The van der Waals surface area contributed by atoms with E-state index < -0.39 is 5.82 Å². The molecule has 4 aromatic rings. The average Bonchev–Trinajstić information content (AvgIpc) is 3.18. The van der Waals surface area contributed by atoms with Crippen molar-refractivity contribution in [3.8, 4) is 11.4 Å². The summed E-state index contributed by atoms with van der Waals surface area (Å²) >= 11 is 0. The van der Waals surface area contributed by atoms with Gasteiger partial charge in [0.15, 0.2) is 5.82 Å². The predicted octanol–water partition coefficient (Wildman–Crippen LogP) is 4.81. The molecular formula is C25H25FN6.